The van der Waals surface area contributed by atoms with Gasteiger partial charge in [-0.3, -0.25) is 14.5 Å². The number of hydrogen-bond donors (Lipinski definition) is 1. The average molecular weight is 461 g/mol. The van der Waals surface area contributed by atoms with Crippen LogP contribution in [0.2, 0.25) is 0 Å². The first-order chi connectivity index (χ1) is 16.3. The van der Waals surface area contributed by atoms with Crippen molar-refractivity contribution in [2.75, 3.05) is 11.5 Å². The van der Waals surface area contributed by atoms with Crippen LogP contribution in [0.25, 0.3) is 5.76 Å². The van der Waals surface area contributed by atoms with Crippen LogP contribution in [0.4, 0.5) is 5.82 Å². The van der Waals surface area contributed by atoms with E-state index in [-0.39, 0.29) is 17.2 Å². The Hall–Kier alpha value is -3.87. The van der Waals surface area contributed by atoms with E-state index in [2.05, 4.69) is 19.0 Å². The van der Waals surface area contributed by atoms with Gasteiger partial charge in [-0.25, -0.2) is 0 Å². The maximum absolute atomic E-state index is 13.2. The number of rotatable bonds is 7. The maximum atomic E-state index is 13.2. The molecule has 2 heterocycles. The highest BCUT2D eigenvalue weighted by molar-refractivity contribution is 6.51. The molecule has 7 heteroatoms. The quantitative estimate of drug-likeness (QED) is 0.283. The minimum Gasteiger partial charge on any atom is -0.507 e. The van der Waals surface area contributed by atoms with Gasteiger partial charge in [0.1, 0.15) is 17.3 Å². The first-order valence-corrected chi connectivity index (χ1v) is 11.4. The number of Topliss-reactive ketones (excluding diaryl/α,β-unsaturated/α-hetero) is 1. The van der Waals surface area contributed by atoms with E-state index < -0.39 is 17.7 Å². The number of aromatic nitrogens is 1. The highest BCUT2D eigenvalue weighted by atomic mass is 16.5. The first kappa shape index (κ1) is 23.3. The van der Waals surface area contributed by atoms with Gasteiger partial charge in [-0.15, -0.1) is 0 Å². The van der Waals surface area contributed by atoms with Gasteiger partial charge >= 0.3 is 5.91 Å². The van der Waals surface area contributed by atoms with Crippen LogP contribution in [0.5, 0.6) is 5.75 Å². The molecule has 1 aromatic heterocycles. The van der Waals surface area contributed by atoms with Gasteiger partial charge in [-0.1, -0.05) is 50.2 Å². The molecule has 2 aromatic carbocycles. The Bertz CT molecular complexity index is 1220. The number of anilines is 1. The van der Waals surface area contributed by atoms with E-state index in [1.165, 1.54) is 4.90 Å². The van der Waals surface area contributed by atoms with E-state index in [0.29, 0.717) is 35.2 Å². The largest absolute Gasteiger partial charge is 0.507 e. The molecule has 1 amide bonds. The van der Waals surface area contributed by atoms with Crippen molar-refractivity contribution in [3.63, 3.8) is 0 Å². The molecule has 1 aliphatic rings. The summed E-state index contributed by atoms with van der Waals surface area (Å²) in [5.41, 5.74) is 2.24. The zero-order valence-corrected chi connectivity index (χ0v) is 19.7. The van der Waals surface area contributed by atoms with Crippen molar-refractivity contribution in [1.29, 1.82) is 0 Å². The monoisotopic (exact) mass is 460 g/mol. The summed E-state index contributed by atoms with van der Waals surface area (Å²) in [6.07, 6.45) is 0.877. The molecule has 1 fully saturated rings. The predicted octanol–water partition coefficient (Wildman–Crippen LogP) is 5.52. The molecule has 0 aliphatic carbocycles. The number of carbonyl (C=O) groups is 2. The van der Waals surface area contributed by atoms with Crippen molar-refractivity contribution in [3.05, 3.63) is 82.6 Å². The van der Waals surface area contributed by atoms with Crippen LogP contribution in [0.1, 0.15) is 61.6 Å². The number of aliphatic hydroxyl groups is 1. The Morgan fingerprint density at radius 3 is 2.35 bits per heavy atom. The smallest absolute Gasteiger partial charge is 0.301 e. The number of aryl methyl sites for hydroxylation is 1. The third-order valence-corrected chi connectivity index (χ3v) is 5.83. The van der Waals surface area contributed by atoms with E-state index in [1.54, 1.807) is 37.3 Å². The fourth-order valence-corrected chi connectivity index (χ4v) is 4.00. The molecule has 3 aromatic rings. The number of carbonyl (C=O) groups excluding carboxylic acids is 2. The fourth-order valence-electron chi connectivity index (χ4n) is 4.00. The minimum absolute atomic E-state index is 0.00479. The summed E-state index contributed by atoms with van der Waals surface area (Å²) >= 11 is 0. The molecule has 0 radical (unpaired) electrons. The van der Waals surface area contributed by atoms with Crippen molar-refractivity contribution < 1.29 is 24.0 Å². The Morgan fingerprint density at radius 2 is 1.79 bits per heavy atom. The van der Waals surface area contributed by atoms with Crippen molar-refractivity contribution >= 4 is 23.3 Å². The molecule has 1 atom stereocenters. The topological polar surface area (TPSA) is 92.9 Å². The van der Waals surface area contributed by atoms with Crippen LogP contribution in [-0.4, -0.2) is 28.6 Å². The summed E-state index contributed by atoms with van der Waals surface area (Å²) < 4.78 is 10.8. The van der Waals surface area contributed by atoms with Crippen molar-refractivity contribution in [2.24, 2.45) is 0 Å². The summed E-state index contributed by atoms with van der Waals surface area (Å²) in [4.78, 5) is 27.6. The van der Waals surface area contributed by atoms with Gasteiger partial charge in [0.25, 0.3) is 5.78 Å². The highest BCUT2D eigenvalue weighted by Gasteiger charge is 2.48. The lowest BCUT2D eigenvalue weighted by molar-refractivity contribution is -0.132. The predicted molar refractivity (Wildman–Crippen MR) is 129 cm³/mol. The Labute approximate surface area is 198 Å². The number of ether oxygens (including phenoxy) is 1. The maximum Gasteiger partial charge on any atom is 0.301 e. The molecular weight excluding hydrogens is 432 g/mol. The zero-order valence-electron chi connectivity index (χ0n) is 19.7. The Morgan fingerprint density at radius 1 is 1.12 bits per heavy atom. The number of aliphatic hydroxyl groups excluding tert-OH is 1. The van der Waals surface area contributed by atoms with Crippen LogP contribution in [0.3, 0.4) is 0 Å². The van der Waals surface area contributed by atoms with Crippen molar-refractivity contribution in [1.82, 2.24) is 5.16 Å². The number of amides is 1. The van der Waals surface area contributed by atoms with E-state index in [1.807, 2.05) is 31.2 Å². The zero-order chi connectivity index (χ0) is 24.4. The van der Waals surface area contributed by atoms with E-state index in [9.17, 15) is 14.7 Å². The van der Waals surface area contributed by atoms with Crippen molar-refractivity contribution in [2.45, 2.75) is 46.1 Å². The van der Waals surface area contributed by atoms with E-state index >= 15 is 0 Å². The lowest BCUT2D eigenvalue weighted by Gasteiger charge is -2.23. The van der Waals surface area contributed by atoms with Gasteiger partial charge in [0, 0.05) is 11.6 Å². The summed E-state index contributed by atoms with van der Waals surface area (Å²) in [5.74, 6) is -0.0720. The molecule has 34 heavy (non-hydrogen) atoms. The number of ketones is 1. The SMILES string of the molecule is CCCOc1ccc(/C(O)=C2\C(=O)C(=O)N(c3cc(C)on3)[C@@H]2c2ccc(C(C)C)cc2)cc1. The molecule has 7 nitrogen and oxygen atoms in total. The van der Waals surface area contributed by atoms with Gasteiger partial charge < -0.3 is 14.4 Å². The highest BCUT2D eigenvalue weighted by Crippen LogP contribution is 2.42. The third-order valence-electron chi connectivity index (χ3n) is 5.83. The molecular formula is C27H28N2O5. The molecule has 0 saturated carbocycles. The third kappa shape index (κ3) is 4.33. The number of hydrogen-bond acceptors (Lipinski definition) is 6. The van der Waals surface area contributed by atoms with Crippen molar-refractivity contribution in [3.8, 4) is 5.75 Å². The molecule has 0 unspecified atom stereocenters. The Kier molecular flexibility index (Phi) is 6.54. The molecule has 1 saturated heterocycles. The van der Waals surface area contributed by atoms with E-state index in [4.69, 9.17) is 9.26 Å². The minimum atomic E-state index is -0.846. The van der Waals surface area contributed by atoms with Gasteiger partial charge in [-0.05, 0) is 54.7 Å². The summed E-state index contributed by atoms with van der Waals surface area (Å²) in [6.45, 7) is 8.49. The van der Waals surface area contributed by atoms with E-state index in [0.717, 1.165) is 12.0 Å². The van der Waals surface area contributed by atoms with Crippen LogP contribution >= 0.6 is 0 Å². The lowest BCUT2D eigenvalue weighted by Crippen LogP contribution is -2.29. The van der Waals surface area contributed by atoms with Crippen LogP contribution in [0, 0.1) is 6.92 Å². The normalized spacial score (nSPS) is 17.6. The molecule has 1 aliphatic heterocycles. The average Bonchev–Trinajstić information content (AvgIpc) is 3.38. The summed E-state index contributed by atoms with van der Waals surface area (Å²) in [6, 6.07) is 15.2. The van der Waals surface area contributed by atoms with Gasteiger partial charge in [0.2, 0.25) is 0 Å². The number of nitrogens with zero attached hydrogens (tertiary/aromatic N) is 2. The second-order valence-electron chi connectivity index (χ2n) is 8.66. The molecule has 1 N–H and O–H groups in total. The standard InChI is InChI=1S/C27H28N2O5/c1-5-14-33-21-12-10-20(11-13-21)25(30)23-24(19-8-6-18(7-9-19)16(2)3)29(27(32)26(23)31)22-15-17(4)34-28-22/h6-13,15-16,24,30H,5,14H2,1-4H3/b25-23+/t24-/m1/s1. The molecule has 4 rings (SSSR count). The Balaban J connectivity index is 1.83. The second kappa shape index (κ2) is 9.55. The lowest BCUT2D eigenvalue weighted by atomic mass is 9.93. The molecule has 0 spiro atoms. The van der Waals surface area contributed by atoms with Crippen LogP contribution in [0.15, 0.2) is 64.7 Å². The number of benzene rings is 2. The van der Waals surface area contributed by atoms with Crippen LogP contribution < -0.4 is 9.64 Å². The fraction of sp³-hybridized carbons (Fsp3) is 0.296. The summed E-state index contributed by atoms with van der Waals surface area (Å²) in [7, 11) is 0. The molecule has 0 bridgehead atoms. The first-order valence-electron chi connectivity index (χ1n) is 11.4. The van der Waals surface area contributed by atoms with Gasteiger partial charge in [0.15, 0.2) is 5.82 Å². The van der Waals surface area contributed by atoms with Gasteiger partial charge in [0.05, 0.1) is 18.2 Å². The summed E-state index contributed by atoms with van der Waals surface area (Å²) in [5, 5.41) is 15.2. The molecule has 176 valence electrons. The second-order valence-corrected chi connectivity index (χ2v) is 8.66. The van der Waals surface area contributed by atoms with Gasteiger partial charge in [-0.2, -0.15) is 0 Å². The van der Waals surface area contributed by atoms with Crippen LogP contribution in [-0.2, 0) is 9.59 Å².